The van der Waals surface area contributed by atoms with Gasteiger partial charge in [0.05, 0.1) is 4.47 Å². The second kappa shape index (κ2) is 6.54. The molecular formula is C19H20BrNO2. The van der Waals surface area contributed by atoms with Gasteiger partial charge in [0, 0.05) is 18.2 Å². The van der Waals surface area contributed by atoms with Crippen molar-refractivity contribution in [2.24, 2.45) is 0 Å². The molecule has 2 bridgehead atoms. The first-order chi connectivity index (χ1) is 11.3. The molecule has 2 aliphatic rings. The number of rotatable bonds is 4. The Morgan fingerprint density at radius 3 is 2.39 bits per heavy atom. The van der Waals surface area contributed by atoms with Crippen LogP contribution in [-0.2, 0) is 0 Å². The summed E-state index contributed by atoms with van der Waals surface area (Å²) in [6, 6.07) is 17.0. The quantitative estimate of drug-likeness (QED) is 0.826. The summed E-state index contributed by atoms with van der Waals surface area (Å²) in [5.41, 5.74) is 0. The molecule has 0 amide bonds. The molecule has 2 aromatic carbocycles. The van der Waals surface area contributed by atoms with Gasteiger partial charge in [-0.25, -0.2) is 0 Å². The largest absolute Gasteiger partial charge is 0.490 e. The van der Waals surface area contributed by atoms with Gasteiger partial charge in [-0.15, -0.1) is 0 Å². The fourth-order valence-corrected chi connectivity index (χ4v) is 3.87. The van der Waals surface area contributed by atoms with E-state index in [1.807, 2.05) is 48.5 Å². The lowest BCUT2D eigenvalue weighted by Gasteiger charge is -2.29. The summed E-state index contributed by atoms with van der Waals surface area (Å²) >= 11 is 3.55. The van der Waals surface area contributed by atoms with Gasteiger partial charge >= 0.3 is 0 Å². The number of nitrogens with one attached hydrogen (secondary N) is 1. The standard InChI is InChI=1S/C19H20BrNO2/c20-18-9-8-16(12-19(18)23-15-4-2-1-3-5-15)22-17-10-13-6-7-14(11-17)21-13/h1-5,8-9,12-14,17,21H,6-7,10-11H2/t13-,14+,17?. The van der Waals surface area contributed by atoms with E-state index in [2.05, 4.69) is 21.2 Å². The number of fused-ring (bicyclic) bond motifs is 2. The zero-order valence-electron chi connectivity index (χ0n) is 12.9. The van der Waals surface area contributed by atoms with Crippen molar-refractivity contribution in [1.29, 1.82) is 0 Å². The van der Waals surface area contributed by atoms with Crippen LogP contribution in [0.1, 0.15) is 25.7 Å². The predicted molar refractivity (Wildman–Crippen MR) is 94.3 cm³/mol. The molecule has 0 spiro atoms. The van der Waals surface area contributed by atoms with Gasteiger partial charge in [0.25, 0.3) is 0 Å². The first-order valence-electron chi connectivity index (χ1n) is 8.21. The molecule has 1 N–H and O–H groups in total. The Labute approximate surface area is 145 Å². The third-order valence-corrected chi connectivity index (χ3v) is 5.26. The summed E-state index contributed by atoms with van der Waals surface area (Å²) < 4.78 is 13.1. The average Bonchev–Trinajstić information content (AvgIpc) is 2.90. The van der Waals surface area contributed by atoms with E-state index < -0.39 is 0 Å². The summed E-state index contributed by atoms with van der Waals surface area (Å²) in [6.45, 7) is 0. The van der Waals surface area contributed by atoms with Crippen molar-refractivity contribution < 1.29 is 9.47 Å². The number of hydrogen-bond acceptors (Lipinski definition) is 3. The number of piperidine rings is 1. The Hall–Kier alpha value is -1.52. The minimum atomic E-state index is 0.305. The van der Waals surface area contributed by atoms with Gasteiger partial charge < -0.3 is 14.8 Å². The predicted octanol–water partition coefficient (Wildman–Crippen LogP) is 4.90. The second-order valence-corrected chi connectivity index (χ2v) is 7.21. The minimum Gasteiger partial charge on any atom is -0.490 e. The van der Waals surface area contributed by atoms with E-state index in [-0.39, 0.29) is 0 Å². The van der Waals surface area contributed by atoms with Crippen LogP contribution in [0.5, 0.6) is 17.2 Å². The maximum atomic E-state index is 6.23. The molecule has 2 aromatic rings. The topological polar surface area (TPSA) is 30.5 Å². The fraction of sp³-hybridized carbons (Fsp3) is 0.368. The first-order valence-corrected chi connectivity index (χ1v) is 9.01. The molecule has 4 rings (SSSR count). The van der Waals surface area contributed by atoms with Gasteiger partial charge in [0.15, 0.2) is 0 Å². The van der Waals surface area contributed by atoms with Gasteiger partial charge in [0.2, 0.25) is 0 Å². The molecule has 1 unspecified atom stereocenters. The number of halogens is 1. The maximum Gasteiger partial charge on any atom is 0.145 e. The van der Waals surface area contributed by atoms with Crippen molar-refractivity contribution in [3.05, 3.63) is 53.0 Å². The molecule has 2 aliphatic heterocycles. The molecule has 0 saturated carbocycles. The monoisotopic (exact) mass is 373 g/mol. The SMILES string of the molecule is Brc1ccc(OC2C[C@H]3CC[C@@H](C2)N3)cc1Oc1ccccc1. The summed E-state index contributed by atoms with van der Waals surface area (Å²) in [5.74, 6) is 2.49. The van der Waals surface area contributed by atoms with Crippen LogP contribution < -0.4 is 14.8 Å². The third-order valence-electron chi connectivity index (χ3n) is 4.61. The molecule has 3 atom stereocenters. The molecular weight excluding hydrogens is 354 g/mol. The zero-order chi connectivity index (χ0) is 15.6. The van der Waals surface area contributed by atoms with Crippen LogP contribution in [-0.4, -0.2) is 18.2 Å². The van der Waals surface area contributed by atoms with E-state index in [0.717, 1.165) is 34.6 Å². The van der Waals surface area contributed by atoms with Gasteiger partial charge in [-0.1, -0.05) is 18.2 Å². The van der Waals surface area contributed by atoms with Crippen molar-refractivity contribution in [3.8, 4) is 17.2 Å². The lowest BCUT2D eigenvalue weighted by atomic mass is 10.0. The fourth-order valence-electron chi connectivity index (χ4n) is 3.54. The minimum absolute atomic E-state index is 0.305. The molecule has 2 heterocycles. The van der Waals surface area contributed by atoms with Gasteiger partial charge in [0.1, 0.15) is 23.4 Å². The molecule has 0 radical (unpaired) electrons. The van der Waals surface area contributed by atoms with E-state index >= 15 is 0 Å². The summed E-state index contributed by atoms with van der Waals surface area (Å²) in [6.07, 6.45) is 5.07. The van der Waals surface area contributed by atoms with Crippen LogP contribution in [0.3, 0.4) is 0 Å². The van der Waals surface area contributed by atoms with Crippen LogP contribution >= 0.6 is 15.9 Å². The van der Waals surface area contributed by atoms with Gasteiger partial charge in [-0.3, -0.25) is 0 Å². The van der Waals surface area contributed by atoms with Crippen LogP contribution in [0, 0.1) is 0 Å². The van der Waals surface area contributed by atoms with E-state index in [4.69, 9.17) is 9.47 Å². The highest BCUT2D eigenvalue weighted by Crippen LogP contribution is 2.35. The van der Waals surface area contributed by atoms with Crippen LogP contribution in [0.25, 0.3) is 0 Å². The van der Waals surface area contributed by atoms with Crippen LogP contribution in [0.15, 0.2) is 53.0 Å². The number of hydrogen-bond donors (Lipinski definition) is 1. The van der Waals surface area contributed by atoms with Gasteiger partial charge in [-0.2, -0.15) is 0 Å². The lowest BCUT2D eigenvalue weighted by molar-refractivity contribution is 0.137. The highest BCUT2D eigenvalue weighted by atomic mass is 79.9. The number of para-hydroxylation sites is 1. The van der Waals surface area contributed by atoms with E-state index in [1.54, 1.807) is 0 Å². The number of ether oxygens (including phenoxy) is 2. The first kappa shape index (κ1) is 15.0. The third kappa shape index (κ3) is 3.54. The van der Waals surface area contributed by atoms with E-state index in [0.29, 0.717) is 18.2 Å². The average molecular weight is 374 g/mol. The Morgan fingerprint density at radius 1 is 0.913 bits per heavy atom. The Kier molecular flexibility index (Phi) is 4.27. The summed E-state index contributed by atoms with van der Waals surface area (Å²) in [5, 5.41) is 3.65. The molecule has 23 heavy (non-hydrogen) atoms. The van der Waals surface area contributed by atoms with Crippen molar-refractivity contribution >= 4 is 15.9 Å². The Morgan fingerprint density at radius 2 is 1.65 bits per heavy atom. The Bertz CT molecular complexity index is 664. The highest BCUT2D eigenvalue weighted by molar-refractivity contribution is 9.10. The van der Waals surface area contributed by atoms with Crippen molar-refractivity contribution in [1.82, 2.24) is 5.32 Å². The molecule has 0 aromatic heterocycles. The molecule has 3 nitrogen and oxygen atoms in total. The summed E-state index contributed by atoms with van der Waals surface area (Å²) in [4.78, 5) is 0. The molecule has 4 heteroatoms. The molecule has 120 valence electrons. The smallest absolute Gasteiger partial charge is 0.145 e. The van der Waals surface area contributed by atoms with E-state index in [1.165, 1.54) is 12.8 Å². The van der Waals surface area contributed by atoms with Crippen molar-refractivity contribution in [2.75, 3.05) is 0 Å². The zero-order valence-corrected chi connectivity index (χ0v) is 14.5. The normalized spacial score (nSPS) is 26.0. The maximum absolute atomic E-state index is 6.23. The Balaban J connectivity index is 1.48. The van der Waals surface area contributed by atoms with Crippen LogP contribution in [0.2, 0.25) is 0 Å². The van der Waals surface area contributed by atoms with Gasteiger partial charge in [-0.05, 0) is 65.9 Å². The summed E-state index contributed by atoms with van der Waals surface area (Å²) in [7, 11) is 0. The lowest BCUT2D eigenvalue weighted by Crippen LogP contribution is -2.42. The molecule has 0 aliphatic carbocycles. The highest BCUT2D eigenvalue weighted by Gasteiger charge is 2.34. The number of benzene rings is 2. The second-order valence-electron chi connectivity index (χ2n) is 6.36. The molecule has 2 fully saturated rings. The van der Waals surface area contributed by atoms with E-state index in [9.17, 15) is 0 Å². The van der Waals surface area contributed by atoms with Crippen molar-refractivity contribution in [3.63, 3.8) is 0 Å². The van der Waals surface area contributed by atoms with Crippen molar-refractivity contribution in [2.45, 2.75) is 43.9 Å². The molecule has 2 saturated heterocycles. The van der Waals surface area contributed by atoms with Crippen LogP contribution in [0.4, 0.5) is 0 Å².